The molecular formula is C13H17BrN2O3. The highest BCUT2D eigenvalue weighted by Crippen LogP contribution is 2.17. The van der Waals surface area contributed by atoms with E-state index in [0.29, 0.717) is 5.69 Å². The number of carbonyl (C=O) groups excluding carboxylic acids is 2. The molecule has 2 N–H and O–H groups in total. The van der Waals surface area contributed by atoms with Gasteiger partial charge in [0.2, 0.25) is 0 Å². The summed E-state index contributed by atoms with van der Waals surface area (Å²) in [5.41, 5.74) is 0.331. The summed E-state index contributed by atoms with van der Waals surface area (Å²) in [5.74, 6) is -0.754. The number of hydrogen-bond donors (Lipinski definition) is 2. The Kier molecular flexibility index (Phi) is 5.01. The summed E-state index contributed by atoms with van der Waals surface area (Å²) in [6.45, 7) is -0.230. The van der Waals surface area contributed by atoms with E-state index in [2.05, 4.69) is 26.2 Å². The zero-order valence-corrected chi connectivity index (χ0v) is 12.2. The average molecular weight is 329 g/mol. The molecule has 104 valence electrons. The highest BCUT2D eigenvalue weighted by molar-refractivity contribution is 9.10. The zero-order valence-electron chi connectivity index (χ0n) is 10.6. The molecule has 19 heavy (non-hydrogen) atoms. The zero-order chi connectivity index (χ0) is 13.7. The lowest BCUT2D eigenvalue weighted by Crippen LogP contribution is -2.38. The van der Waals surface area contributed by atoms with E-state index in [4.69, 9.17) is 4.74 Å². The van der Waals surface area contributed by atoms with Crippen molar-refractivity contribution < 1.29 is 14.3 Å². The van der Waals surface area contributed by atoms with Crippen molar-refractivity contribution in [1.82, 2.24) is 10.3 Å². The Labute approximate surface area is 120 Å². The maximum Gasteiger partial charge on any atom is 0.355 e. The standard InChI is InChI=1S/C13H17BrN2O3/c14-9-6-11(15-7-9)13(18)19-8-12(17)16-10-4-2-1-3-5-10/h6-7,10,15H,1-5,8H2,(H,16,17). The number of esters is 1. The van der Waals surface area contributed by atoms with Crippen molar-refractivity contribution in [3.63, 3.8) is 0 Å². The third-order valence-electron chi connectivity index (χ3n) is 3.17. The van der Waals surface area contributed by atoms with Crippen LogP contribution in [0.2, 0.25) is 0 Å². The minimum Gasteiger partial charge on any atom is -0.451 e. The average Bonchev–Trinajstić information content (AvgIpc) is 2.84. The first-order chi connectivity index (χ1) is 9.15. The molecule has 1 saturated carbocycles. The fourth-order valence-electron chi connectivity index (χ4n) is 2.21. The van der Waals surface area contributed by atoms with E-state index in [1.54, 1.807) is 12.3 Å². The van der Waals surface area contributed by atoms with E-state index in [0.717, 1.165) is 30.2 Å². The van der Waals surface area contributed by atoms with Gasteiger partial charge in [0, 0.05) is 16.7 Å². The van der Waals surface area contributed by atoms with E-state index < -0.39 is 5.97 Å². The molecule has 0 saturated heterocycles. The third kappa shape index (κ3) is 4.38. The van der Waals surface area contributed by atoms with Crippen LogP contribution in [0.5, 0.6) is 0 Å². The molecule has 1 amide bonds. The van der Waals surface area contributed by atoms with Crippen molar-refractivity contribution >= 4 is 27.8 Å². The summed E-state index contributed by atoms with van der Waals surface area (Å²) >= 11 is 3.23. The smallest absolute Gasteiger partial charge is 0.355 e. The molecule has 0 aliphatic heterocycles. The lowest BCUT2D eigenvalue weighted by molar-refractivity contribution is -0.125. The second-order valence-electron chi connectivity index (χ2n) is 4.71. The topological polar surface area (TPSA) is 71.2 Å². The van der Waals surface area contributed by atoms with Gasteiger partial charge in [-0.2, -0.15) is 0 Å². The summed E-state index contributed by atoms with van der Waals surface area (Å²) < 4.78 is 5.71. The summed E-state index contributed by atoms with van der Waals surface area (Å²) in [5, 5.41) is 2.90. The third-order valence-corrected chi connectivity index (χ3v) is 3.63. The SMILES string of the molecule is O=C(COC(=O)c1cc(Br)c[nH]1)NC1CCCCC1. The van der Waals surface area contributed by atoms with E-state index in [9.17, 15) is 9.59 Å². The second kappa shape index (κ2) is 6.75. The molecule has 1 fully saturated rings. The van der Waals surface area contributed by atoms with Crippen LogP contribution in [0.4, 0.5) is 0 Å². The van der Waals surface area contributed by atoms with Gasteiger partial charge in [0.05, 0.1) is 0 Å². The van der Waals surface area contributed by atoms with Crippen LogP contribution in [0.25, 0.3) is 0 Å². The van der Waals surface area contributed by atoms with E-state index in [1.807, 2.05) is 0 Å². The molecule has 1 aromatic rings. The van der Waals surface area contributed by atoms with Gasteiger partial charge in [-0.15, -0.1) is 0 Å². The minimum atomic E-state index is -0.524. The monoisotopic (exact) mass is 328 g/mol. The summed E-state index contributed by atoms with van der Waals surface area (Å²) in [6, 6.07) is 1.85. The largest absolute Gasteiger partial charge is 0.451 e. The van der Waals surface area contributed by atoms with Gasteiger partial charge in [0.1, 0.15) is 5.69 Å². The molecule has 1 aliphatic carbocycles. The van der Waals surface area contributed by atoms with Gasteiger partial charge in [-0.3, -0.25) is 4.79 Å². The summed E-state index contributed by atoms with van der Waals surface area (Å²) in [7, 11) is 0. The number of nitrogens with one attached hydrogen (secondary N) is 2. The molecule has 0 unspecified atom stereocenters. The molecule has 0 aromatic carbocycles. The Morgan fingerprint density at radius 1 is 1.37 bits per heavy atom. The Balaban J connectivity index is 1.72. The van der Waals surface area contributed by atoms with Crippen molar-refractivity contribution in [2.75, 3.05) is 6.61 Å². The summed E-state index contributed by atoms with van der Waals surface area (Å²) in [6.07, 6.45) is 7.22. The van der Waals surface area contributed by atoms with E-state index in [1.165, 1.54) is 6.42 Å². The van der Waals surface area contributed by atoms with Crippen LogP contribution in [-0.2, 0) is 9.53 Å². The number of hydrogen-bond acceptors (Lipinski definition) is 3. The van der Waals surface area contributed by atoms with Gasteiger partial charge in [0.25, 0.3) is 5.91 Å². The van der Waals surface area contributed by atoms with Crippen molar-refractivity contribution in [1.29, 1.82) is 0 Å². The first-order valence-corrected chi connectivity index (χ1v) is 7.25. The van der Waals surface area contributed by atoms with Crippen molar-refractivity contribution in [3.05, 3.63) is 22.4 Å². The maximum absolute atomic E-state index is 11.6. The van der Waals surface area contributed by atoms with Gasteiger partial charge >= 0.3 is 5.97 Å². The first kappa shape index (κ1) is 14.1. The molecule has 0 spiro atoms. The normalized spacial score (nSPS) is 16.1. The first-order valence-electron chi connectivity index (χ1n) is 6.45. The van der Waals surface area contributed by atoms with Crippen molar-refractivity contribution in [2.45, 2.75) is 38.1 Å². The minimum absolute atomic E-state index is 0.230. The van der Waals surface area contributed by atoms with Crippen molar-refractivity contribution in [2.24, 2.45) is 0 Å². The lowest BCUT2D eigenvalue weighted by Gasteiger charge is -2.22. The number of ether oxygens (including phenoxy) is 1. The Morgan fingerprint density at radius 2 is 2.11 bits per heavy atom. The van der Waals surface area contributed by atoms with Crippen LogP contribution in [0, 0.1) is 0 Å². The van der Waals surface area contributed by atoms with Gasteiger partial charge < -0.3 is 15.0 Å². The number of H-pyrrole nitrogens is 1. The Bertz CT molecular complexity index is 452. The molecule has 1 aliphatic rings. The fourth-order valence-corrected chi connectivity index (χ4v) is 2.55. The lowest BCUT2D eigenvalue weighted by atomic mass is 9.95. The fraction of sp³-hybridized carbons (Fsp3) is 0.538. The molecule has 1 heterocycles. The number of aromatic nitrogens is 1. The molecule has 5 nitrogen and oxygen atoms in total. The van der Waals surface area contributed by atoms with Crippen LogP contribution in [0.15, 0.2) is 16.7 Å². The van der Waals surface area contributed by atoms with E-state index in [-0.39, 0.29) is 18.6 Å². The van der Waals surface area contributed by atoms with Gasteiger partial charge in [-0.25, -0.2) is 4.79 Å². The second-order valence-corrected chi connectivity index (χ2v) is 5.63. The van der Waals surface area contributed by atoms with E-state index >= 15 is 0 Å². The molecule has 0 atom stereocenters. The molecule has 2 rings (SSSR count). The van der Waals surface area contributed by atoms with Crippen LogP contribution in [0.3, 0.4) is 0 Å². The number of amides is 1. The highest BCUT2D eigenvalue weighted by atomic mass is 79.9. The van der Waals surface area contributed by atoms with Crippen LogP contribution < -0.4 is 5.32 Å². The van der Waals surface area contributed by atoms with Crippen LogP contribution in [-0.4, -0.2) is 29.5 Å². The van der Waals surface area contributed by atoms with Crippen LogP contribution in [0.1, 0.15) is 42.6 Å². The van der Waals surface area contributed by atoms with Gasteiger partial charge in [-0.1, -0.05) is 19.3 Å². The number of halogens is 1. The number of aromatic amines is 1. The van der Waals surface area contributed by atoms with Gasteiger partial charge in [-0.05, 0) is 34.8 Å². The Hall–Kier alpha value is -1.30. The van der Waals surface area contributed by atoms with Crippen molar-refractivity contribution in [3.8, 4) is 0 Å². The number of rotatable bonds is 4. The Morgan fingerprint density at radius 3 is 2.74 bits per heavy atom. The molecule has 6 heteroatoms. The summed E-state index contributed by atoms with van der Waals surface area (Å²) in [4.78, 5) is 26.0. The van der Waals surface area contributed by atoms with Crippen LogP contribution >= 0.6 is 15.9 Å². The van der Waals surface area contributed by atoms with Gasteiger partial charge in [0.15, 0.2) is 6.61 Å². The quantitative estimate of drug-likeness (QED) is 0.833. The predicted molar refractivity (Wildman–Crippen MR) is 73.8 cm³/mol. The molecule has 0 bridgehead atoms. The molecular weight excluding hydrogens is 312 g/mol. The predicted octanol–water partition coefficient (Wildman–Crippen LogP) is 2.38. The highest BCUT2D eigenvalue weighted by Gasteiger charge is 2.17. The molecule has 0 radical (unpaired) electrons. The number of carbonyl (C=O) groups is 2. The maximum atomic E-state index is 11.6. The molecule has 1 aromatic heterocycles.